The number of likely N-dealkylation sites (tertiary alicyclic amines) is 1. The lowest BCUT2D eigenvalue weighted by Gasteiger charge is -2.24. The van der Waals surface area contributed by atoms with Crippen LogP contribution in [-0.2, 0) is 54.4 Å². The average molecular weight is 1560 g/mol. The molecule has 6 atom stereocenters. The van der Waals surface area contributed by atoms with Gasteiger partial charge in [0.1, 0.15) is 0 Å². The van der Waals surface area contributed by atoms with Gasteiger partial charge in [-0.1, -0.05) is 186 Å². The standard InChI is InChI=1S/C23H32N2O2S.C22H29N3O2S.C20H24N2O3S.C19H24N2O2S.CO2/c1-4-5-6-7-8-11-16-24-23-19-12-9-10-13-21(19)25(3)28(26,27)22-17-18(2)14-15-20(22)23;1-16-10-11-19-21(15-16)28(26,27)25(3)20-9-5-4-8-18(20)22(19)23-13-12-17-7-6-14-24(17)2;1-14-7-8-17-19(11-14)26(23,24)22(2)18-6-4-3-5-16(18)20(17)21-12-15-9-10-25-13-15;1-3-4-9-14-20-19-15-10-5-7-12-17(15)21(2)24(22,23)18-13-8-6-11-16(18)19;2-1-3/h9-10,12-15,17,23-24H,4-8,11,16H2,1-3H3;4-5,8-11,15,17,22-23H,6-7,12-14H2,1-3H3;3-8,11,15,20-21H,9-10,12-13H2,1-2H3;5-8,10-13,19-20H,3-4,9,14H2,1-2H3;. The number of para-hydroxylation sites is 4. The van der Waals surface area contributed by atoms with Crippen molar-refractivity contribution >= 4 is 69.0 Å². The molecule has 109 heavy (non-hydrogen) atoms. The smallest absolute Gasteiger partial charge is 0.373 e. The van der Waals surface area contributed by atoms with E-state index in [2.05, 4.69) is 47.1 Å². The Kier molecular flexibility index (Phi) is 28.9. The van der Waals surface area contributed by atoms with E-state index < -0.39 is 40.1 Å². The molecule has 6 aliphatic heterocycles. The number of nitrogens with one attached hydrogen (secondary N) is 4. The number of fused-ring (bicyclic) bond motifs is 8. The van der Waals surface area contributed by atoms with E-state index in [4.69, 9.17) is 14.3 Å². The van der Waals surface area contributed by atoms with E-state index in [1.807, 2.05) is 166 Å². The van der Waals surface area contributed by atoms with E-state index in [-0.39, 0.29) is 30.3 Å². The molecule has 24 heteroatoms. The van der Waals surface area contributed by atoms with Gasteiger partial charge in [-0.05, 0) is 208 Å². The highest BCUT2D eigenvalue weighted by Gasteiger charge is 2.40. The first kappa shape index (κ1) is 83.4. The van der Waals surface area contributed by atoms with Gasteiger partial charge in [-0.2, -0.15) is 9.59 Å². The molecular weight excluding hydrogens is 1450 g/mol. The Morgan fingerprint density at radius 2 is 0.725 bits per heavy atom. The van der Waals surface area contributed by atoms with Crippen molar-refractivity contribution in [3.05, 3.63) is 237 Å². The molecule has 20 nitrogen and oxygen atoms in total. The second-order valence-corrected chi connectivity index (χ2v) is 36.9. The first-order chi connectivity index (χ1) is 52.3. The van der Waals surface area contributed by atoms with Gasteiger partial charge in [0.2, 0.25) is 0 Å². The normalized spacial score (nSPS) is 20.6. The first-order valence-corrected chi connectivity index (χ1v) is 44.0. The highest BCUT2D eigenvalue weighted by molar-refractivity contribution is 7.93. The molecule has 2 saturated heterocycles. The minimum absolute atomic E-state index is 0.117. The van der Waals surface area contributed by atoms with Crippen molar-refractivity contribution in [2.24, 2.45) is 5.92 Å². The van der Waals surface area contributed by atoms with Crippen LogP contribution in [-0.4, -0.2) is 132 Å². The molecule has 14 rings (SSSR count). The Balaban J connectivity index is 0.000000153. The number of rotatable bonds is 20. The summed E-state index contributed by atoms with van der Waals surface area (Å²) < 4.78 is 117. The molecule has 0 amide bonds. The summed E-state index contributed by atoms with van der Waals surface area (Å²) in [6.45, 7) is 16.3. The van der Waals surface area contributed by atoms with Gasteiger partial charge in [0.25, 0.3) is 40.1 Å². The van der Waals surface area contributed by atoms with Crippen LogP contribution >= 0.6 is 0 Å². The Labute approximate surface area is 648 Å². The SMILES string of the molecule is CCCCCCCCNC1c2ccccc2N(C)S(=O)(=O)c2cc(C)ccc21.CCCCCNC1c2ccccc2N(C)S(=O)(=O)c2ccccc21.Cc1ccc2c(c1)S(=O)(=O)N(C)c1ccccc1C2NCC1CCOC1.Cc1ccc2c(c1)S(=O)(=O)N(C)c1ccccc1C2NCCC1CCCN1C.O=C=O. The zero-order chi connectivity index (χ0) is 78.2. The van der Waals surface area contributed by atoms with Crippen molar-refractivity contribution in [3.8, 4) is 0 Å². The summed E-state index contributed by atoms with van der Waals surface area (Å²) in [6.07, 6.45) is 15.7. The van der Waals surface area contributed by atoms with Crippen LogP contribution in [0.3, 0.4) is 0 Å². The fourth-order valence-electron chi connectivity index (χ4n) is 15.5. The van der Waals surface area contributed by atoms with Gasteiger partial charge in [0.05, 0.1) is 73.1 Å². The summed E-state index contributed by atoms with van der Waals surface area (Å²) >= 11 is 0. The Morgan fingerprint density at radius 3 is 1.11 bits per heavy atom. The van der Waals surface area contributed by atoms with Crippen LogP contribution in [0, 0.1) is 26.7 Å². The lowest BCUT2D eigenvalue weighted by molar-refractivity contribution is -0.191. The number of nitrogens with zero attached hydrogens (tertiary/aromatic N) is 5. The summed E-state index contributed by atoms with van der Waals surface area (Å²) in [5.41, 5.74) is 13.1. The highest BCUT2D eigenvalue weighted by atomic mass is 32.2. The third-order valence-electron chi connectivity index (χ3n) is 21.7. The molecule has 6 unspecified atom stereocenters. The maximum atomic E-state index is 13.3. The third kappa shape index (κ3) is 18.9. The molecular formula is C85H109N9O11S4. The van der Waals surface area contributed by atoms with Gasteiger partial charge < -0.3 is 30.9 Å². The van der Waals surface area contributed by atoms with Crippen LogP contribution in [0.15, 0.2) is 196 Å². The van der Waals surface area contributed by atoms with Crippen LogP contribution < -0.4 is 38.5 Å². The molecule has 0 aliphatic carbocycles. The number of hydrogen-bond donors (Lipinski definition) is 4. The quantitative estimate of drug-likeness (QED) is 0.0518. The minimum Gasteiger partial charge on any atom is -0.381 e. The number of sulfonamides is 4. The molecule has 0 aromatic heterocycles. The van der Waals surface area contributed by atoms with E-state index >= 15 is 0 Å². The molecule has 0 spiro atoms. The molecule has 0 radical (unpaired) electrons. The van der Waals surface area contributed by atoms with Crippen LogP contribution in [0.2, 0.25) is 0 Å². The molecule has 6 heterocycles. The fraction of sp³-hybridized carbons (Fsp3) is 0.424. The predicted octanol–water partition coefficient (Wildman–Crippen LogP) is 14.4. The van der Waals surface area contributed by atoms with E-state index in [0.29, 0.717) is 31.5 Å². The second-order valence-electron chi connectivity index (χ2n) is 29.1. The van der Waals surface area contributed by atoms with E-state index in [1.54, 1.807) is 58.5 Å². The molecule has 4 N–H and O–H groups in total. The molecule has 2 fully saturated rings. The van der Waals surface area contributed by atoms with Crippen LogP contribution in [0.4, 0.5) is 22.7 Å². The molecule has 584 valence electrons. The Bertz CT molecular complexity index is 4940. The number of benzene rings is 8. The maximum absolute atomic E-state index is 13.3. The van der Waals surface area contributed by atoms with Crippen molar-refractivity contribution in [2.75, 3.05) is 98.4 Å². The lowest BCUT2D eigenvalue weighted by Crippen LogP contribution is -2.31. The fourth-order valence-corrected chi connectivity index (χ4v) is 21.6. The average Bonchev–Trinajstić information content (AvgIpc) is 1.62. The topological polar surface area (TPSA) is 244 Å². The highest BCUT2D eigenvalue weighted by Crippen LogP contribution is 2.45. The number of hydrogen-bond acceptors (Lipinski definition) is 16. The molecule has 8 aromatic carbocycles. The summed E-state index contributed by atoms with van der Waals surface area (Å²) in [5.74, 6) is 0.466. The minimum atomic E-state index is -3.59. The summed E-state index contributed by atoms with van der Waals surface area (Å²) in [5, 5.41) is 14.5. The molecule has 0 saturated carbocycles. The summed E-state index contributed by atoms with van der Waals surface area (Å²) in [7, 11) is -5.56. The zero-order valence-corrected chi connectivity index (χ0v) is 68.0. The predicted molar refractivity (Wildman–Crippen MR) is 435 cm³/mol. The Hall–Kier alpha value is -8.10. The van der Waals surface area contributed by atoms with Crippen molar-refractivity contribution in [3.63, 3.8) is 0 Å². The molecule has 0 bridgehead atoms. The van der Waals surface area contributed by atoms with Gasteiger partial charge >= 0.3 is 6.15 Å². The first-order valence-electron chi connectivity index (χ1n) is 38.3. The largest absolute Gasteiger partial charge is 0.381 e. The van der Waals surface area contributed by atoms with Crippen LogP contribution in [0.1, 0.15) is 183 Å². The monoisotopic (exact) mass is 1560 g/mol. The number of unbranched alkanes of at least 4 members (excludes halogenated alkanes) is 7. The zero-order valence-electron chi connectivity index (χ0n) is 64.7. The van der Waals surface area contributed by atoms with Crippen molar-refractivity contribution in [1.29, 1.82) is 0 Å². The van der Waals surface area contributed by atoms with Gasteiger partial charge in [0, 0.05) is 47.4 Å². The van der Waals surface area contributed by atoms with E-state index in [9.17, 15) is 33.7 Å². The number of carbonyl (C=O) groups excluding carboxylic acids is 2. The number of ether oxygens (including phenoxy) is 1. The van der Waals surface area contributed by atoms with E-state index in [1.165, 1.54) is 75.1 Å². The van der Waals surface area contributed by atoms with Gasteiger partial charge in [-0.25, -0.2) is 33.7 Å². The second kappa shape index (κ2) is 37.7. The van der Waals surface area contributed by atoms with E-state index in [0.717, 1.165) is 155 Å². The van der Waals surface area contributed by atoms with Crippen LogP contribution in [0.25, 0.3) is 0 Å². The molecule has 8 aromatic rings. The molecule has 6 aliphatic rings. The third-order valence-corrected chi connectivity index (χ3v) is 29.0. The van der Waals surface area contributed by atoms with Gasteiger partial charge in [-0.15, -0.1) is 0 Å². The van der Waals surface area contributed by atoms with Crippen molar-refractivity contribution in [1.82, 2.24) is 26.2 Å². The van der Waals surface area contributed by atoms with Crippen LogP contribution in [0.5, 0.6) is 0 Å². The number of aryl methyl sites for hydroxylation is 3. The lowest BCUT2D eigenvalue weighted by atomic mass is 9.95. The number of anilines is 4. The van der Waals surface area contributed by atoms with Gasteiger partial charge in [-0.3, -0.25) is 17.2 Å². The Morgan fingerprint density at radius 1 is 0.394 bits per heavy atom. The summed E-state index contributed by atoms with van der Waals surface area (Å²) in [6, 6.07) is 55.7. The van der Waals surface area contributed by atoms with Crippen molar-refractivity contribution < 1.29 is 48.0 Å². The summed E-state index contributed by atoms with van der Waals surface area (Å²) in [4.78, 5) is 20.3. The van der Waals surface area contributed by atoms with Crippen molar-refractivity contribution in [2.45, 2.75) is 168 Å². The van der Waals surface area contributed by atoms with Gasteiger partial charge in [0.15, 0.2) is 0 Å². The maximum Gasteiger partial charge on any atom is 0.373 e.